The number of carbonyl (C=O) groups is 6. The predicted molar refractivity (Wildman–Crippen MR) is 132 cm³/mol. The fourth-order valence-corrected chi connectivity index (χ4v) is 2.97. The standard InChI is InChI=1S/C23H35N7O7/c24-10-6-2-5-9-19(32)25-12-20(33)26-14-22(35)30-18(11-17-7-3-1-4-8-17)23(36)27-13-21(34)28-16-37-29-15-31/h1,3-4,7-8,15,18H,2,5-6,9-14,16,24H2,(H,25,32)(H,26,33)(H,27,36)(H,28,34)(H,29,31)(H,30,35). The van der Waals surface area contributed by atoms with Gasteiger partial charge in [-0.15, -0.1) is 0 Å². The molecule has 1 unspecified atom stereocenters. The maximum atomic E-state index is 12.7. The van der Waals surface area contributed by atoms with E-state index in [2.05, 4.69) is 31.4 Å². The monoisotopic (exact) mass is 521 g/mol. The van der Waals surface area contributed by atoms with Crippen molar-refractivity contribution in [2.75, 3.05) is 32.9 Å². The van der Waals surface area contributed by atoms with E-state index in [9.17, 15) is 28.8 Å². The lowest BCUT2D eigenvalue weighted by Crippen LogP contribution is -2.52. The largest absolute Gasteiger partial charge is 0.347 e. The van der Waals surface area contributed by atoms with Crippen LogP contribution in [-0.4, -0.2) is 74.9 Å². The van der Waals surface area contributed by atoms with Crippen LogP contribution in [0.25, 0.3) is 0 Å². The molecule has 0 aromatic heterocycles. The van der Waals surface area contributed by atoms with E-state index < -0.39 is 42.8 Å². The molecule has 1 rings (SSSR count). The summed E-state index contributed by atoms with van der Waals surface area (Å²) in [5.74, 6) is -2.66. The molecule has 1 atom stereocenters. The molecule has 1 aromatic rings. The van der Waals surface area contributed by atoms with Crippen molar-refractivity contribution in [1.29, 1.82) is 0 Å². The fraction of sp³-hybridized carbons (Fsp3) is 0.478. The molecule has 0 aliphatic rings. The molecule has 14 nitrogen and oxygen atoms in total. The highest BCUT2D eigenvalue weighted by atomic mass is 16.7. The van der Waals surface area contributed by atoms with E-state index in [0.29, 0.717) is 13.0 Å². The van der Waals surface area contributed by atoms with Gasteiger partial charge in [0.15, 0.2) is 0 Å². The van der Waals surface area contributed by atoms with Gasteiger partial charge in [-0.3, -0.25) is 33.6 Å². The third-order valence-electron chi connectivity index (χ3n) is 4.83. The number of benzene rings is 1. The van der Waals surface area contributed by atoms with Gasteiger partial charge in [-0.05, 0) is 24.9 Å². The van der Waals surface area contributed by atoms with E-state index in [4.69, 9.17) is 5.73 Å². The summed E-state index contributed by atoms with van der Waals surface area (Å²) < 4.78 is 0. The van der Waals surface area contributed by atoms with Gasteiger partial charge >= 0.3 is 0 Å². The summed E-state index contributed by atoms with van der Waals surface area (Å²) in [5, 5.41) is 12.1. The Morgan fingerprint density at radius 3 is 2.16 bits per heavy atom. The smallest absolute Gasteiger partial charge is 0.243 e. The molecule has 0 heterocycles. The Bertz CT molecular complexity index is 883. The van der Waals surface area contributed by atoms with Gasteiger partial charge in [-0.25, -0.2) is 5.48 Å². The third-order valence-corrected chi connectivity index (χ3v) is 4.83. The average molecular weight is 522 g/mol. The van der Waals surface area contributed by atoms with E-state index in [1.165, 1.54) is 0 Å². The molecule has 1 aromatic carbocycles. The molecule has 0 saturated carbocycles. The Morgan fingerprint density at radius 2 is 1.46 bits per heavy atom. The maximum Gasteiger partial charge on any atom is 0.243 e. The van der Waals surface area contributed by atoms with Crippen LogP contribution in [0, 0.1) is 0 Å². The van der Waals surface area contributed by atoms with Crippen molar-refractivity contribution in [1.82, 2.24) is 32.1 Å². The number of unbranched alkanes of at least 4 members (excludes halogenated alkanes) is 2. The number of hydroxylamine groups is 1. The topological polar surface area (TPSA) is 210 Å². The number of nitrogens with two attached hydrogens (primary N) is 1. The third kappa shape index (κ3) is 15.5. The number of amides is 6. The maximum absolute atomic E-state index is 12.7. The van der Waals surface area contributed by atoms with Crippen LogP contribution in [0.1, 0.15) is 31.2 Å². The van der Waals surface area contributed by atoms with Crippen molar-refractivity contribution in [3.8, 4) is 0 Å². The molecular formula is C23H35N7O7. The van der Waals surface area contributed by atoms with E-state index >= 15 is 0 Å². The van der Waals surface area contributed by atoms with Crippen LogP contribution in [0.15, 0.2) is 30.3 Å². The first kappa shape index (κ1) is 31.0. The molecule has 0 aliphatic heterocycles. The van der Waals surface area contributed by atoms with Gasteiger partial charge in [0.05, 0.1) is 19.6 Å². The molecule has 8 N–H and O–H groups in total. The van der Waals surface area contributed by atoms with Crippen molar-refractivity contribution in [2.45, 2.75) is 38.1 Å². The van der Waals surface area contributed by atoms with Crippen LogP contribution in [0.2, 0.25) is 0 Å². The highest BCUT2D eigenvalue weighted by molar-refractivity contribution is 5.92. The second-order valence-corrected chi connectivity index (χ2v) is 7.80. The van der Waals surface area contributed by atoms with Crippen LogP contribution in [0.4, 0.5) is 0 Å². The zero-order valence-corrected chi connectivity index (χ0v) is 20.5. The second-order valence-electron chi connectivity index (χ2n) is 7.80. The fourth-order valence-electron chi connectivity index (χ4n) is 2.97. The van der Waals surface area contributed by atoms with Crippen LogP contribution >= 0.6 is 0 Å². The normalized spacial score (nSPS) is 10.9. The Kier molecular flexibility index (Phi) is 16.1. The molecule has 0 bridgehead atoms. The van der Waals surface area contributed by atoms with Crippen LogP contribution < -0.4 is 37.8 Å². The molecule has 37 heavy (non-hydrogen) atoms. The Morgan fingerprint density at radius 1 is 0.811 bits per heavy atom. The molecule has 0 aliphatic carbocycles. The number of hydrogen-bond donors (Lipinski definition) is 7. The van der Waals surface area contributed by atoms with Gasteiger partial charge in [0.25, 0.3) is 0 Å². The summed E-state index contributed by atoms with van der Waals surface area (Å²) in [4.78, 5) is 75.2. The van der Waals surface area contributed by atoms with E-state index in [0.717, 1.165) is 18.4 Å². The first-order valence-electron chi connectivity index (χ1n) is 11.8. The first-order chi connectivity index (χ1) is 17.8. The molecular weight excluding hydrogens is 486 g/mol. The van der Waals surface area contributed by atoms with Crippen molar-refractivity contribution in [3.63, 3.8) is 0 Å². The van der Waals surface area contributed by atoms with E-state index in [1.54, 1.807) is 30.3 Å². The minimum atomic E-state index is -1.03. The first-order valence-corrected chi connectivity index (χ1v) is 11.8. The quantitative estimate of drug-likeness (QED) is 0.0441. The SMILES string of the molecule is NCCCCCC(=O)NCC(=O)NCC(=O)NC(Cc1ccccc1)C(=O)NCC(=O)NCONC=O. The summed E-state index contributed by atoms with van der Waals surface area (Å²) >= 11 is 0. The Labute approximate surface area is 214 Å². The average Bonchev–Trinajstić information content (AvgIpc) is 2.90. The van der Waals surface area contributed by atoms with Crippen molar-refractivity contribution in [2.24, 2.45) is 5.73 Å². The summed E-state index contributed by atoms with van der Waals surface area (Å²) in [5.41, 5.74) is 8.06. The van der Waals surface area contributed by atoms with Crippen molar-refractivity contribution < 1.29 is 33.6 Å². The van der Waals surface area contributed by atoms with Gasteiger partial charge in [0.2, 0.25) is 35.9 Å². The van der Waals surface area contributed by atoms with Gasteiger partial charge in [0.1, 0.15) is 12.8 Å². The van der Waals surface area contributed by atoms with Gasteiger partial charge < -0.3 is 32.3 Å². The van der Waals surface area contributed by atoms with Crippen molar-refractivity contribution in [3.05, 3.63) is 35.9 Å². The minimum absolute atomic E-state index is 0.139. The van der Waals surface area contributed by atoms with Gasteiger partial charge in [-0.1, -0.05) is 36.8 Å². The molecule has 0 fully saturated rings. The molecule has 0 radical (unpaired) electrons. The Balaban J connectivity index is 2.50. The number of hydrogen-bond acceptors (Lipinski definition) is 8. The lowest BCUT2D eigenvalue weighted by molar-refractivity contribution is -0.132. The number of carbonyl (C=O) groups excluding carboxylic acids is 6. The van der Waals surface area contributed by atoms with Crippen LogP contribution in [0.3, 0.4) is 0 Å². The molecule has 0 spiro atoms. The predicted octanol–water partition coefficient (Wildman–Crippen LogP) is -2.67. The lowest BCUT2D eigenvalue weighted by Gasteiger charge is -2.19. The van der Waals surface area contributed by atoms with Crippen LogP contribution in [0.5, 0.6) is 0 Å². The molecule has 6 amide bonds. The summed E-state index contributed by atoms with van der Waals surface area (Å²) in [6, 6.07) is 7.88. The van der Waals surface area contributed by atoms with Crippen molar-refractivity contribution >= 4 is 35.9 Å². The number of rotatable bonds is 19. The van der Waals surface area contributed by atoms with E-state index in [-0.39, 0.29) is 38.4 Å². The van der Waals surface area contributed by atoms with Gasteiger partial charge in [0, 0.05) is 12.8 Å². The second kappa shape index (κ2) is 19.2. The summed E-state index contributed by atoms with van der Waals surface area (Å²) in [6.07, 6.45) is 3.03. The summed E-state index contributed by atoms with van der Waals surface area (Å²) in [7, 11) is 0. The zero-order chi connectivity index (χ0) is 27.3. The molecule has 0 saturated heterocycles. The summed E-state index contributed by atoms with van der Waals surface area (Å²) in [6.45, 7) is -0.825. The Hall–Kier alpha value is -4.04. The van der Waals surface area contributed by atoms with Gasteiger partial charge in [-0.2, -0.15) is 0 Å². The highest BCUT2D eigenvalue weighted by Crippen LogP contribution is 2.03. The minimum Gasteiger partial charge on any atom is -0.347 e. The number of nitrogens with one attached hydrogen (secondary N) is 6. The molecule has 204 valence electrons. The van der Waals surface area contributed by atoms with Crippen LogP contribution in [-0.2, 0) is 40.0 Å². The lowest BCUT2D eigenvalue weighted by atomic mass is 10.1. The highest BCUT2D eigenvalue weighted by Gasteiger charge is 2.22. The molecule has 14 heteroatoms. The van der Waals surface area contributed by atoms with E-state index in [1.807, 2.05) is 5.48 Å². The zero-order valence-electron chi connectivity index (χ0n) is 20.5.